The summed E-state index contributed by atoms with van der Waals surface area (Å²) in [5, 5.41) is 4.48. The van der Waals surface area contributed by atoms with Gasteiger partial charge in [0.15, 0.2) is 6.04 Å². The molecule has 0 saturated heterocycles. The van der Waals surface area contributed by atoms with Gasteiger partial charge in [0.25, 0.3) is 0 Å². The summed E-state index contributed by atoms with van der Waals surface area (Å²) in [6.45, 7) is 1.11. The molecule has 7 nitrogen and oxygen atoms in total. The summed E-state index contributed by atoms with van der Waals surface area (Å²) in [7, 11) is -4.28. The largest absolute Gasteiger partial charge is 0.455 e. The maximum atomic E-state index is 14.1. The van der Waals surface area contributed by atoms with Crippen molar-refractivity contribution in [2.75, 3.05) is 18.8 Å². The van der Waals surface area contributed by atoms with Crippen molar-refractivity contribution in [1.82, 2.24) is 14.9 Å². The van der Waals surface area contributed by atoms with E-state index < -0.39 is 75.5 Å². The van der Waals surface area contributed by atoms with Gasteiger partial charge in [0.1, 0.15) is 11.7 Å². The molecule has 17 heteroatoms. The summed E-state index contributed by atoms with van der Waals surface area (Å²) < 4.78 is 133. The molecular formula is C26H33ClF8N4O3S. The van der Waals surface area contributed by atoms with Crippen molar-refractivity contribution < 1.29 is 48.3 Å². The zero-order valence-corrected chi connectivity index (χ0v) is 25.2. The predicted octanol–water partition coefficient (Wildman–Crippen LogP) is 5.68. The van der Waals surface area contributed by atoms with Crippen molar-refractivity contribution in [3.05, 3.63) is 34.6 Å². The van der Waals surface area contributed by atoms with E-state index in [4.69, 9.17) is 11.6 Å². The van der Waals surface area contributed by atoms with Crippen LogP contribution in [0.1, 0.15) is 58.4 Å². The van der Waals surface area contributed by atoms with E-state index in [1.54, 1.807) is 5.32 Å². The number of amidine groups is 1. The second-order valence-corrected chi connectivity index (χ2v) is 14.2. The number of amides is 1. The molecule has 0 spiro atoms. The van der Waals surface area contributed by atoms with Crippen molar-refractivity contribution in [1.29, 1.82) is 0 Å². The van der Waals surface area contributed by atoms with Crippen LogP contribution in [0.2, 0.25) is 5.02 Å². The Bertz CT molecular complexity index is 1330. The minimum absolute atomic E-state index is 0.104. The number of carbonyl (C=O) groups is 1. The third-order valence-corrected chi connectivity index (χ3v) is 9.84. The predicted molar refractivity (Wildman–Crippen MR) is 144 cm³/mol. The minimum atomic E-state index is -5.86. The molecule has 1 aliphatic heterocycles. The smallest absolute Gasteiger partial charge is 0.366 e. The molecule has 244 valence electrons. The van der Waals surface area contributed by atoms with E-state index in [0.717, 1.165) is 10.4 Å². The Morgan fingerprint density at radius 3 is 2.30 bits per heavy atom. The minimum Gasteiger partial charge on any atom is -0.366 e. The van der Waals surface area contributed by atoms with Crippen LogP contribution < -0.4 is 10.6 Å². The van der Waals surface area contributed by atoms with Gasteiger partial charge in [0, 0.05) is 24.9 Å². The average molecular weight is 669 g/mol. The van der Waals surface area contributed by atoms with Crippen LogP contribution in [0, 0.1) is 11.2 Å². The number of halogens is 9. The molecule has 1 atom stereocenters. The molecule has 1 fully saturated rings. The fraction of sp³-hybridized carbons (Fsp3) is 0.692. The highest BCUT2D eigenvalue weighted by Gasteiger charge is 2.58. The summed E-state index contributed by atoms with van der Waals surface area (Å²) in [5.41, 5.74) is -1.77. The molecule has 43 heavy (non-hydrogen) atoms. The van der Waals surface area contributed by atoms with E-state index >= 15 is 0 Å². The number of aliphatic imine (C=N–C) groups is 1. The number of carbonyl (C=O) groups excluding carboxylic acids is 1. The quantitative estimate of drug-likeness (QED) is 0.265. The molecule has 1 amide bonds. The Kier molecular flexibility index (Phi) is 10.1. The van der Waals surface area contributed by atoms with Crippen molar-refractivity contribution >= 4 is 33.4 Å². The summed E-state index contributed by atoms with van der Waals surface area (Å²) in [5.74, 6) is -11.0. The standard InChI is InChI=1S/C26H33ClF8N4O3S/c1-22(2)19(20(40)36-15-25(31,32)26(33,34)35)37-21(38-22)24(7-4-8-24)9-11-39(43(41,42)12-10-23(3,29)30)14-16-5-6-17(27)18(28)13-16/h5-6,13,19H,4,7-12,14-15H2,1-3H3,(H,36,40)(H,37,38)/t19-/m0/s1. The zero-order chi connectivity index (χ0) is 32.6. The van der Waals surface area contributed by atoms with Crippen LogP contribution in [-0.4, -0.2) is 72.9 Å². The lowest BCUT2D eigenvalue weighted by molar-refractivity contribution is -0.278. The van der Waals surface area contributed by atoms with Crippen LogP contribution in [0.15, 0.2) is 23.2 Å². The highest BCUT2D eigenvalue weighted by atomic mass is 35.5. The van der Waals surface area contributed by atoms with Crippen molar-refractivity contribution in [3.63, 3.8) is 0 Å². The first-order valence-corrected chi connectivity index (χ1v) is 15.4. The number of rotatable bonds is 13. The Labute approximate surface area is 249 Å². The highest BCUT2D eigenvalue weighted by molar-refractivity contribution is 7.89. The molecule has 1 saturated carbocycles. The number of benzene rings is 1. The lowest BCUT2D eigenvalue weighted by atomic mass is 9.65. The number of nitrogens with zero attached hydrogens (tertiary/aromatic N) is 2. The SMILES string of the molecule is CC(F)(F)CCS(=O)(=O)N(CCC1(C2=N[C@@H](C(=O)NCC(F)(F)C(F)(F)F)C(C)(C)N2)CCC1)Cc1ccc(Cl)c(F)c1. The number of nitrogens with one attached hydrogen (secondary N) is 2. The number of sulfonamides is 1. The molecule has 1 aromatic carbocycles. The summed E-state index contributed by atoms with van der Waals surface area (Å²) in [6, 6.07) is 2.31. The molecule has 0 radical (unpaired) electrons. The monoisotopic (exact) mass is 668 g/mol. The van der Waals surface area contributed by atoms with Gasteiger partial charge in [-0.05, 0) is 57.7 Å². The van der Waals surface area contributed by atoms with Crippen molar-refractivity contribution in [2.24, 2.45) is 10.4 Å². The molecule has 2 N–H and O–H groups in total. The van der Waals surface area contributed by atoms with Gasteiger partial charge < -0.3 is 10.6 Å². The summed E-state index contributed by atoms with van der Waals surface area (Å²) in [6.07, 6.45) is -5.05. The van der Waals surface area contributed by atoms with Gasteiger partial charge >= 0.3 is 12.1 Å². The lowest BCUT2D eigenvalue weighted by Gasteiger charge is -2.44. The van der Waals surface area contributed by atoms with E-state index in [1.807, 2.05) is 0 Å². The molecule has 2 aliphatic rings. The van der Waals surface area contributed by atoms with Crippen molar-refractivity contribution in [3.8, 4) is 0 Å². The van der Waals surface area contributed by atoms with Crippen LogP contribution in [0.5, 0.6) is 0 Å². The number of hydrogen-bond acceptors (Lipinski definition) is 5. The molecule has 1 aliphatic carbocycles. The van der Waals surface area contributed by atoms with Gasteiger partial charge in [-0.2, -0.15) is 26.3 Å². The van der Waals surface area contributed by atoms with Gasteiger partial charge in [-0.3, -0.25) is 9.79 Å². The topological polar surface area (TPSA) is 90.9 Å². The second kappa shape index (κ2) is 12.3. The molecule has 1 aromatic rings. The van der Waals surface area contributed by atoms with E-state index in [9.17, 15) is 48.3 Å². The van der Waals surface area contributed by atoms with Crippen LogP contribution in [0.25, 0.3) is 0 Å². The molecular weight excluding hydrogens is 636 g/mol. The first-order chi connectivity index (χ1) is 19.5. The zero-order valence-electron chi connectivity index (χ0n) is 23.6. The van der Waals surface area contributed by atoms with Crippen LogP contribution in [0.4, 0.5) is 35.1 Å². The van der Waals surface area contributed by atoms with Crippen LogP contribution >= 0.6 is 11.6 Å². The third kappa shape index (κ3) is 8.50. The Hall–Kier alpha value is -2.20. The molecule has 1 heterocycles. The Balaban J connectivity index is 1.82. The maximum Gasteiger partial charge on any atom is 0.455 e. The summed E-state index contributed by atoms with van der Waals surface area (Å²) in [4.78, 5) is 17.0. The van der Waals surface area contributed by atoms with Crippen molar-refractivity contribution in [2.45, 2.75) is 89.0 Å². The van der Waals surface area contributed by atoms with E-state index in [0.29, 0.717) is 26.2 Å². The second-order valence-electron chi connectivity index (χ2n) is 11.7. The highest BCUT2D eigenvalue weighted by Crippen LogP contribution is 2.47. The Morgan fingerprint density at radius 2 is 1.79 bits per heavy atom. The molecule has 0 aromatic heterocycles. The van der Waals surface area contributed by atoms with Gasteiger partial charge in [0.05, 0.1) is 22.9 Å². The first kappa shape index (κ1) is 35.3. The normalized spacial score (nSPS) is 20.4. The average Bonchev–Trinajstić information content (AvgIpc) is 3.16. The lowest BCUT2D eigenvalue weighted by Crippen LogP contribution is -2.56. The third-order valence-electron chi connectivity index (χ3n) is 7.72. The van der Waals surface area contributed by atoms with Gasteiger partial charge in [-0.15, -0.1) is 0 Å². The van der Waals surface area contributed by atoms with E-state index in [-0.39, 0.29) is 35.9 Å². The number of alkyl halides is 7. The van der Waals surface area contributed by atoms with Crippen LogP contribution in [0.3, 0.4) is 0 Å². The molecule has 0 bridgehead atoms. The maximum absolute atomic E-state index is 14.1. The first-order valence-electron chi connectivity index (χ1n) is 13.4. The van der Waals surface area contributed by atoms with Gasteiger partial charge in [0.2, 0.25) is 21.9 Å². The fourth-order valence-corrected chi connectivity index (χ4v) is 6.60. The fourth-order valence-electron chi connectivity index (χ4n) is 4.89. The molecule has 3 rings (SSSR count). The summed E-state index contributed by atoms with van der Waals surface area (Å²) >= 11 is 5.72. The number of hydrogen-bond donors (Lipinski definition) is 2. The van der Waals surface area contributed by atoms with Gasteiger partial charge in [-0.1, -0.05) is 24.1 Å². The Morgan fingerprint density at radius 1 is 1.16 bits per heavy atom. The van der Waals surface area contributed by atoms with Gasteiger partial charge in [-0.25, -0.2) is 21.6 Å². The molecule has 0 unspecified atom stereocenters. The van der Waals surface area contributed by atoms with E-state index in [1.165, 1.54) is 26.0 Å². The van der Waals surface area contributed by atoms with Crippen LogP contribution in [-0.2, 0) is 21.4 Å². The van der Waals surface area contributed by atoms with E-state index in [2.05, 4.69) is 10.3 Å².